The standard InChI is InChI=1S/C12H14BrN3/c1-8-3-10(13)5-11(4-8)16-7-15-6-12(16)9(2)14/h3-7,9H,14H2,1-2H3/t9-/m1/s1. The third-order valence-electron chi connectivity index (χ3n) is 2.44. The molecule has 0 aliphatic rings. The molecule has 0 aliphatic carbocycles. The molecule has 3 nitrogen and oxygen atoms in total. The molecule has 0 fully saturated rings. The molecule has 4 heteroatoms. The number of benzene rings is 1. The third kappa shape index (κ3) is 2.18. The minimum absolute atomic E-state index is 0.0261. The second-order valence-corrected chi connectivity index (χ2v) is 4.88. The zero-order chi connectivity index (χ0) is 11.7. The Labute approximate surface area is 103 Å². The Hall–Kier alpha value is -1.13. The first kappa shape index (κ1) is 11.4. The van der Waals surface area contributed by atoms with Crippen molar-refractivity contribution in [2.24, 2.45) is 5.73 Å². The van der Waals surface area contributed by atoms with Crippen LogP contribution in [0.15, 0.2) is 35.2 Å². The van der Waals surface area contributed by atoms with E-state index < -0.39 is 0 Å². The van der Waals surface area contributed by atoms with Gasteiger partial charge in [0.05, 0.1) is 18.2 Å². The molecule has 0 amide bonds. The molecule has 2 aromatic rings. The van der Waals surface area contributed by atoms with E-state index in [1.54, 1.807) is 12.5 Å². The summed E-state index contributed by atoms with van der Waals surface area (Å²) in [6.07, 6.45) is 3.60. The number of hydrogen-bond donors (Lipinski definition) is 1. The summed E-state index contributed by atoms with van der Waals surface area (Å²) < 4.78 is 3.08. The lowest BCUT2D eigenvalue weighted by Crippen LogP contribution is -2.10. The van der Waals surface area contributed by atoms with Crippen LogP contribution < -0.4 is 5.73 Å². The molecular formula is C12H14BrN3. The van der Waals surface area contributed by atoms with Gasteiger partial charge in [0.15, 0.2) is 0 Å². The molecular weight excluding hydrogens is 266 g/mol. The van der Waals surface area contributed by atoms with Gasteiger partial charge in [0, 0.05) is 16.2 Å². The molecule has 0 radical (unpaired) electrons. The van der Waals surface area contributed by atoms with Gasteiger partial charge in [0.1, 0.15) is 0 Å². The van der Waals surface area contributed by atoms with Crippen molar-refractivity contribution in [3.63, 3.8) is 0 Å². The van der Waals surface area contributed by atoms with E-state index in [1.165, 1.54) is 5.56 Å². The Kier molecular flexibility index (Phi) is 3.12. The number of aromatic nitrogens is 2. The molecule has 1 atom stereocenters. The highest BCUT2D eigenvalue weighted by Gasteiger charge is 2.08. The van der Waals surface area contributed by atoms with Crippen LogP contribution in [0, 0.1) is 6.92 Å². The summed E-state index contributed by atoms with van der Waals surface area (Å²) in [7, 11) is 0. The smallest absolute Gasteiger partial charge is 0.0994 e. The fraction of sp³-hybridized carbons (Fsp3) is 0.250. The fourth-order valence-electron chi connectivity index (χ4n) is 1.71. The number of imidazole rings is 1. The zero-order valence-corrected chi connectivity index (χ0v) is 10.9. The molecule has 0 aliphatic heterocycles. The average molecular weight is 280 g/mol. The maximum Gasteiger partial charge on any atom is 0.0994 e. The summed E-state index contributed by atoms with van der Waals surface area (Å²) in [6, 6.07) is 6.21. The molecule has 0 bridgehead atoms. The second-order valence-electron chi connectivity index (χ2n) is 3.96. The van der Waals surface area contributed by atoms with Crippen LogP contribution in [0.1, 0.15) is 24.2 Å². The molecule has 0 saturated carbocycles. The van der Waals surface area contributed by atoms with Crippen molar-refractivity contribution in [2.75, 3.05) is 0 Å². The van der Waals surface area contributed by atoms with Crippen LogP contribution >= 0.6 is 15.9 Å². The first-order valence-electron chi connectivity index (χ1n) is 5.13. The maximum absolute atomic E-state index is 5.90. The van der Waals surface area contributed by atoms with Crippen LogP contribution in [-0.2, 0) is 0 Å². The number of nitrogens with zero attached hydrogens (tertiary/aromatic N) is 2. The Morgan fingerprint density at radius 1 is 1.38 bits per heavy atom. The lowest BCUT2D eigenvalue weighted by molar-refractivity contribution is 0.752. The average Bonchev–Trinajstić information content (AvgIpc) is 2.63. The number of rotatable bonds is 2. The van der Waals surface area contributed by atoms with Crippen LogP contribution in [0.5, 0.6) is 0 Å². The number of halogens is 1. The third-order valence-corrected chi connectivity index (χ3v) is 2.90. The van der Waals surface area contributed by atoms with E-state index in [2.05, 4.69) is 46.0 Å². The van der Waals surface area contributed by atoms with Gasteiger partial charge in [-0.3, -0.25) is 0 Å². The van der Waals surface area contributed by atoms with Crippen LogP contribution in [0.4, 0.5) is 0 Å². The van der Waals surface area contributed by atoms with E-state index >= 15 is 0 Å². The lowest BCUT2D eigenvalue weighted by Gasteiger charge is -2.11. The molecule has 0 unspecified atom stereocenters. The summed E-state index contributed by atoms with van der Waals surface area (Å²) in [6.45, 7) is 4.02. The predicted molar refractivity (Wildman–Crippen MR) is 68.6 cm³/mol. The molecule has 2 N–H and O–H groups in total. The van der Waals surface area contributed by atoms with E-state index in [9.17, 15) is 0 Å². The highest BCUT2D eigenvalue weighted by molar-refractivity contribution is 9.10. The van der Waals surface area contributed by atoms with Crippen molar-refractivity contribution in [2.45, 2.75) is 19.9 Å². The summed E-state index contributed by atoms with van der Waals surface area (Å²) >= 11 is 3.50. The van der Waals surface area contributed by atoms with E-state index in [-0.39, 0.29) is 6.04 Å². The number of hydrogen-bond acceptors (Lipinski definition) is 2. The maximum atomic E-state index is 5.90. The van der Waals surface area contributed by atoms with Gasteiger partial charge in [0.2, 0.25) is 0 Å². The fourth-order valence-corrected chi connectivity index (χ4v) is 2.31. The topological polar surface area (TPSA) is 43.8 Å². The van der Waals surface area contributed by atoms with Gasteiger partial charge in [-0.05, 0) is 37.6 Å². The highest BCUT2D eigenvalue weighted by atomic mass is 79.9. The van der Waals surface area contributed by atoms with E-state index in [0.29, 0.717) is 0 Å². The Morgan fingerprint density at radius 3 is 2.75 bits per heavy atom. The van der Waals surface area contributed by atoms with Crippen LogP contribution in [0.3, 0.4) is 0 Å². The van der Waals surface area contributed by atoms with Gasteiger partial charge >= 0.3 is 0 Å². The SMILES string of the molecule is Cc1cc(Br)cc(-n2cncc2[C@@H](C)N)c1. The molecule has 16 heavy (non-hydrogen) atoms. The minimum atomic E-state index is -0.0261. The van der Waals surface area contributed by atoms with E-state index in [4.69, 9.17) is 5.73 Å². The quantitative estimate of drug-likeness (QED) is 0.919. The monoisotopic (exact) mass is 279 g/mol. The Morgan fingerprint density at radius 2 is 2.12 bits per heavy atom. The Balaban J connectivity index is 2.54. The number of aryl methyl sites for hydroxylation is 1. The van der Waals surface area contributed by atoms with Crippen LogP contribution in [0.2, 0.25) is 0 Å². The Bertz CT molecular complexity index is 482. The van der Waals surface area contributed by atoms with Gasteiger partial charge in [0.25, 0.3) is 0 Å². The number of nitrogens with two attached hydrogens (primary N) is 1. The van der Waals surface area contributed by atoms with Gasteiger partial charge in [-0.2, -0.15) is 0 Å². The van der Waals surface area contributed by atoms with Crippen molar-refractivity contribution in [3.8, 4) is 5.69 Å². The van der Waals surface area contributed by atoms with Crippen molar-refractivity contribution in [3.05, 3.63) is 46.5 Å². The molecule has 0 saturated heterocycles. The predicted octanol–water partition coefficient (Wildman–Crippen LogP) is 2.96. The molecule has 1 heterocycles. The van der Waals surface area contributed by atoms with Crippen LogP contribution in [-0.4, -0.2) is 9.55 Å². The lowest BCUT2D eigenvalue weighted by atomic mass is 10.2. The van der Waals surface area contributed by atoms with E-state index in [1.807, 2.05) is 11.5 Å². The molecule has 1 aromatic carbocycles. The van der Waals surface area contributed by atoms with Crippen LogP contribution in [0.25, 0.3) is 5.69 Å². The largest absolute Gasteiger partial charge is 0.323 e. The summed E-state index contributed by atoms with van der Waals surface area (Å²) in [5, 5.41) is 0. The first-order valence-corrected chi connectivity index (χ1v) is 5.92. The summed E-state index contributed by atoms with van der Waals surface area (Å²) in [5.41, 5.74) is 9.19. The zero-order valence-electron chi connectivity index (χ0n) is 9.31. The van der Waals surface area contributed by atoms with Gasteiger partial charge in [-0.1, -0.05) is 15.9 Å². The summed E-state index contributed by atoms with van der Waals surface area (Å²) in [5.74, 6) is 0. The molecule has 0 spiro atoms. The first-order chi connectivity index (χ1) is 7.58. The summed E-state index contributed by atoms with van der Waals surface area (Å²) in [4.78, 5) is 4.15. The highest BCUT2D eigenvalue weighted by Crippen LogP contribution is 2.21. The molecule has 1 aromatic heterocycles. The second kappa shape index (κ2) is 4.39. The molecule has 84 valence electrons. The van der Waals surface area contributed by atoms with Crippen molar-refractivity contribution in [1.29, 1.82) is 0 Å². The minimum Gasteiger partial charge on any atom is -0.323 e. The molecule has 2 rings (SSSR count). The normalized spacial score (nSPS) is 12.8. The van der Waals surface area contributed by atoms with Gasteiger partial charge in [-0.25, -0.2) is 4.98 Å². The van der Waals surface area contributed by atoms with E-state index in [0.717, 1.165) is 15.9 Å². The van der Waals surface area contributed by atoms with Crippen molar-refractivity contribution < 1.29 is 0 Å². The van der Waals surface area contributed by atoms with Gasteiger partial charge in [-0.15, -0.1) is 0 Å². The van der Waals surface area contributed by atoms with Gasteiger partial charge < -0.3 is 10.3 Å². The van der Waals surface area contributed by atoms with Crippen molar-refractivity contribution >= 4 is 15.9 Å². The van der Waals surface area contributed by atoms with Crippen molar-refractivity contribution in [1.82, 2.24) is 9.55 Å².